The van der Waals surface area contributed by atoms with Gasteiger partial charge in [-0.2, -0.15) is 0 Å². The molecule has 0 unspecified atom stereocenters. The van der Waals surface area contributed by atoms with E-state index in [1.165, 1.54) is 11.3 Å². The Hall–Kier alpha value is -1.39. The lowest BCUT2D eigenvalue weighted by Gasteiger charge is -2.01. The molecule has 0 radical (unpaired) electrons. The van der Waals surface area contributed by atoms with E-state index in [1.54, 1.807) is 23.6 Å². The fourth-order valence-electron chi connectivity index (χ4n) is 1.28. The Balaban J connectivity index is 2.38. The third-order valence-corrected chi connectivity index (χ3v) is 3.22. The van der Waals surface area contributed by atoms with Crippen LogP contribution in [0.25, 0.3) is 0 Å². The van der Waals surface area contributed by atoms with Gasteiger partial charge in [0.25, 0.3) is 0 Å². The van der Waals surface area contributed by atoms with Crippen LogP contribution in [0.5, 0.6) is 0 Å². The van der Waals surface area contributed by atoms with Crippen molar-refractivity contribution in [3.63, 3.8) is 0 Å². The maximum atomic E-state index is 12.0. The van der Waals surface area contributed by atoms with Crippen molar-refractivity contribution in [3.05, 3.63) is 44.9 Å². The van der Waals surface area contributed by atoms with Gasteiger partial charge in [-0.3, -0.25) is 4.79 Å². The van der Waals surface area contributed by atoms with Crippen molar-refractivity contribution in [1.29, 1.82) is 0 Å². The zero-order chi connectivity index (χ0) is 11.7. The summed E-state index contributed by atoms with van der Waals surface area (Å²) in [6, 6.07) is 4.83. The van der Waals surface area contributed by atoms with Crippen LogP contribution < -0.4 is 5.73 Å². The van der Waals surface area contributed by atoms with E-state index in [0.717, 1.165) is 5.01 Å². The molecule has 0 saturated heterocycles. The molecule has 2 N–H and O–H groups in total. The quantitative estimate of drug-likeness (QED) is 0.660. The second kappa shape index (κ2) is 4.23. The largest absolute Gasteiger partial charge is 0.398 e. The van der Waals surface area contributed by atoms with Gasteiger partial charge in [0, 0.05) is 10.9 Å². The zero-order valence-corrected chi connectivity index (χ0v) is 10.1. The molecule has 0 aliphatic rings. The standard InChI is InChI=1S/C11H9ClN2OS/c1-6-14-10(5-16-6)11(15)7-2-3-9(13)8(12)4-7/h2-5H,13H2,1H3. The monoisotopic (exact) mass is 252 g/mol. The van der Waals surface area contributed by atoms with Crippen molar-refractivity contribution in [2.24, 2.45) is 0 Å². The number of nitrogens with zero attached hydrogens (tertiary/aromatic N) is 1. The Morgan fingerprint density at radius 2 is 2.25 bits per heavy atom. The number of carbonyl (C=O) groups excluding carboxylic acids is 1. The highest BCUT2D eigenvalue weighted by atomic mass is 35.5. The van der Waals surface area contributed by atoms with E-state index in [1.807, 2.05) is 6.92 Å². The van der Waals surface area contributed by atoms with E-state index in [9.17, 15) is 4.79 Å². The Kier molecular flexibility index (Phi) is 2.94. The molecule has 1 aromatic carbocycles. The predicted molar refractivity (Wildman–Crippen MR) is 66.1 cm³/mol. The minimum atomic E-state index is -0.133. The number of ketones is 1. The van der Waals surface area contributed by atoms with Crippen molar-refractivity contribution in [3.8, 4) is 0 Å². The van der Waals surface area contributed by atoms with Crippen LogP contribution in [0, 0.1) is 6.92 Å². The first-order valence-corrected chi connectivity index (χ1v) is 5.85. The predicted octanol–water partition coefficient (Wildman–Crippen LogP) is 2.92. The molecule has 0 atom stereocenters. The number of hydrogen-bond acceptors (Lipinski definition) is 4. The number of thiazole rings is 1. The number of halogens is 1. The van der Waals surface area contributed by atoms with Crippen LogP contribution >= 0.6 is 22.9 Å². The van der Waals surface area contributed by atoms with Gasteiger partial charge in [-0.1, -0.05) is 11.6 Å². The molecule has 82 valence electrons. The number of rotatable bonds is 2. The second-order valence-electron chi connectivity index (χ2n) is 3.32. The van der Waals surface area contributed by atoms with E-state index in [-0.39, 0.29) is 5.78 Å². The molecule has 16 heavy (non-hydrogen) atoms. The summed E-state index contributed by atoms with van der Waals surface area (Å²) in [4.78, 5) is 16.1. The topological polar surface area (TPSA) is 56.0 Å². The maximum absolute atomic E-state index is 12.0. The molecule has 0 saturated carbocycles. The van der Waals surface area contributed by atoms with Crippen LogP contribution in [0.3, 0.4) is 0 Å². The van der Waals surface area contributed by atoms with Crippen molar-refractivity contribution in [1.82, 2.24) is 4.98 Å². The highest BCUT2D eigenvalue weighted by Crippen LogP contribution is 2.21. The molecule has 0 aliphatic carbocycles. The summed E-state index contributed by atoms with van der Waals surface area (Å²) in [6.45, 7) is 1.86. The summed E-state index contributed by atoms with van der Waals surface area (Å²) < 4.78 is 0. The molecule has 2 aromatic rings. The van der Waals surface area contributed by atoms with Crippen LogP contribution in [-0.4, -0.2) is 10.8 Å². The summed E-state index contributed by atoms with van der Waals surface area (Å²) in [6.07, 6.45) is 0. The second-order valence-corrected chi connectivity index (χ2v) is 4.79. The molecule has 0 aliphatic heterocycles. The van der Waals surface area contributed by atoms with E-state index in [2.05, 4.69) is 4.98 Å². The summed E-state index contributed by atoms with van der Waals surface area (Å²) in [7, 11) is 0. The van der Waals surface area contributed by atoms with Gasteiger partial charge < -0.3 is 5.73 Å². The van der Waals surface area contributed by atoms with E-state index in [0.29, 0.717) is 22.0 Å². The summed E-state index contributed by atoms with van der Waals surface area (Å²) in [5.74, 6) is -0.133. The summed E-state index contributed by atoms with van der Waals surface area (Å²) in [5.41, 5.74) is 6.99. The lowest BCUT2D eigenvalue weighted by atomic mass is 10.1. The normalized spacial score (nSPS) is 10.4. The molecular formula is C11H9ClN2OS. The number of aromatic nitrogens is 1. The lowest BCUT2D eigenvalue weighted by Crippen LogP contribution is -2.02. The number of anilines is 1. The molecule has 3 nitrogen and oxygen atoms in total. The minimum Gasteiger partial charge on any atom is -0.398 e. The fraction of sp³-hybridized carbons (Fsp3) is 0.0909. The number of carbonyl (C=O) groups is 1. The van der Waals surface area contributed by atoms with Crippen LogP contribution in [0.1, 0.15) is 21.1 Å². The van der Waals surface area contributed by atoms with E-state index < -0.39 is 0 Å². The van der Waals surface area contributed by atoms with Crippen LogP contribution in [0.2, 0.25) is 5.02 Å². The van der Waals surface area contributed by atoms with Gasteiger partial charge in [0.1, 0.15) is 5.69 Å². The van der Waals surface area contributed by atoms with Gasteiger partial charge in [-0.05, 0) is 25.1 Å². The number of aryl methyl sites for hydroxylation is 1. The van der Waals surface area contributed by atoms with E-state index in [4.69, 9.17) is 17.3 Å². The van der Waals surface area contributed by atoms with Gasteiger partial charge in [0.15, 0.2) is 0 Å². The first-order valence-electron chi connectivity index (χ1n) is 4.60. The zero-order valence-electron chi connectivity index (χ0n) is 8.53. The first-order chi connectivity index (χ1) is 7.58. The summed E-state index contributed by atoms with van der Waals surface area (Å²) in [5, 5.41) is 2.99. The first kappa shape index (κ1) is 11.1. The number of benzene rings is 1. The fourth-order valence-corrected chi connectivity index (χ4v) is 2.06. The average molecular weight is 253 g/mol. The SMILES string of the molecule is Cc1nc(C(=O)c2ccc(N)c(Cl)c2)cs1. The molecule has 0 amide bonds. The van der Waals surface area contributed by atoms with E-state index >= 15 is 0 Å². The van der Waals surface area contributed by atoms with Gasteiger partial charge in [0.2, 0.25) is 5.78 Å². The molecule has 2 rings (SSSR count). The third-order valence-electron chi connectivity index (χ3n) is 2.11. The highest BCUT2D eigenvalue weighted by Gasteiger charge is 2.13. The smallest absolute Gasteiger partial charge is 0.212 e. The van der Waals surface area contributed by atoms with Gasteiger partial charge >= 0.3 is 0 Å². The minimum absolute atomic E-state index is 0.133. The molecule has 1 aromatic heterocycles. The Bertz CT molecular complexity index is 551. The van der Waals surface area contributed by atoms with Gasteiger partial charge in [-0.25, -0.2) is 4.98 Å². The van der Waals surface area contributed by atoms with Gasteiger partial charge in [-0.15, -0.1) is 11.3 Å². The van der Waals surface area contributed by atoms with Crippen LogP contribution in [0.4, 0.5) is 5.69 Å². The third kappa shape index (κ3) is 2.08. The molecule has 0 fully saturated rings. The Labute approximate surface area is 102 Å². The van der Waals surface area contributed by atoms with Crippen LogP contribution in [0.15, 0.2) is 23.6 Å². The maximum Gasteiger partial charge on any atom is 0.212 e. The van der Waals surface area contributed by atoms with Crippen molar-refractivity contribution in [2.45, 2.75) is 6.92 Å². The molecule has 1 heterocycles. The average Bonchev–Trinajstić information content (AvgIpc) is 2.68. The molecule has 5 heteroatoms. The van der Waals surface area contributed by atoms with Crippen molar-refractivity contribution >= 4 is 34.4 Å². The number of nitrogen functional groups attached to an aromatic ring is 1. The summed E-state index contributed by atoms with van der Waals surface area (Å²) >= 11 is 7.30. The lowest BCUT2D eigenvalue weighted by molar-refractivity contribution is 0.103. The molecule has 0 spiro atoms. The van der Waals surface area contributed by atoms with Crippen molar-refractivity contribution < 1.29 is 4.79 Å². The Morgan fingerprint density at radius 3 is 2.81 bits per heavy atom. The molecule has 0 bridgehead atoms. The van der Waals surface area contributed by atoms with Crippen LogP contribution in [-0.2, 0) is 0 Å². The van der Waals surface area contributed by atoms with Gasteiger partial charge in [0.05, 0.1) is 15.7 Å². The Morgan fingerprint density at radius 1 is 1.50 bits per heavy atom. The van der Waals surface area contributed by atoms with Crippen molar-refractivity contribution in [2.75, 3.05) is 5.73 Å². The number of hydrogen-bond donors (Lipinski definition) is 1. The molecular weight excluding hydrogens is 244 g/mol. The number of nitrogens with two attached hydrogens (primary N) is 1. The highest BCUT2D eigenvalue weighted by molar-refractivity contribution is 7.09.